The molecule has 0 aromatic heterocycles. The van der Waals surface area contributed by atoms with E-state index in [1.807, 2.05) is 0 Å². The maximum atomic E-state index is 11.2. The van der Waals surface area contributed by atoms with Crippen molar-refractivity contribution in [1.29, 1.82) is 0 Å². The molecule has 2 aromatic rings. The minimum absolute atomic E-state index is 0. The first kappa shape index (κ1) is 31.5. The third kappa shape index (κ3) is 10.2. The summed E-state index contributed by atoms with van der Waals surface area (Å²) >= 11 is 0.444. The van der Waals surface area contributed by atoms with Gasteiger partial charge in [-0.3, -0.25) is 0 Å². The zero-order valence-electron chi connectivity index (χ0n) is 17.5. The topological polar surface area (TPSA) is 0 Å². The summed E-state index contributed by atoms with van der Waals surface area (Å²) in [5, 5.41) is 0. The van der Waals surface area contributed by atoms with Crippen LogP contribution in [0.4, 0.5) is 13.2 Å². The van der Waals surface area contributed by atoms with Crippen LogP contribution in [0.1, 0.15) is 51.4 Å². The summed E-state index contributed by atoms with van der Waals surface area (Å²) in [7, 11) is 0. The minimum atomic E-state index is -4.04. The van der Waals surface area contributed by atoms with E-state index in [4.69, 9.17) is 0 Å². The third-order valence-corrected chi connectivity index (χ3v) is 5.48. The van der Waals surface area contributed by atoms with Gasteiger partial charge in [0.05, 0.1) is 0 Å². The summed E-state index contributed by atoms with van der Waals surface area (Å²) in [6.45, 7) is 18.4. The molecular weight excluding hydrogens is 471 g/mol. The fourth-order valence-electron chi connectivity index (χ4n) is 2.27. The molecule has 0 spiro atoms. The zero-order valence-corrected chi connectivity index (χ0v) is 21.5. The standard InChI is InChI=1S/2C9H13.C3H3F3.2ClH.Zr/c2*1-6-5-7(2)9(4)8(6)3;1-2-3(4,5)6;;;/h2*5H,1-4H3;1H3;2*1H;/q2*-1;;;;+2/p-2. The molecule has 27 heavy (non-hydrogen) atoms. The molecule has 154 valence electrons. The van der Waals surface area contributed by atoms with Gasteiger partial charge >= 0.3 is 53.7 Å². The summed E-state index contributed by atoms with van der Waals surface area (Å²) in [6.07, 6.45) is -4.04. The van der Waals surface area contributed by atoms with E-state index in [0.29, 0.717) is 24.2 Å². The van der Waals surface area contributed by atoms with Crippen molar-refractivity contribution in [1.82, 2.24) is 0 Å². The Hall–Kier alpha value is -0.177. The van der Waals surface area contributed by atoms with E-state index in [2.05, 4.69) is 67.5 Å². The van der Waals surface area contributed by atoms with E-state index in [0.717, 1.165) is 6.92 Å². The van der Waals surface area contributed by atoms with Gasteiger partial charge in [0.15, 0.2) is 0 Å². The van der Waals surface area contributed by atoms with Crippen LogP contribution >= 0.6 is 0 Å². The van der Waals surface area contributed by atoms with Crippen LogP contribution in [-0.4, -0.2) is 9.38 Å². The maximum absolute atomic E-state index is 11.2. The Morgan fingerprint density at radius 2 is 0.778 bits per heavy atom. The molecule has 0 saturated carbocycles. The number of aryl methyl sites for hydroxylation is 4. The quantitative estimate of drug-likeness (QED) is 0.465. The van der Waals surface area contributed by atoms with Gasteiger partial charge in [-0.25, -0.2) is 0 Å². The van der Waals surface area contributed by atoms with Crippen LogP contribution in [0, 0.1) is 55.4 Å². The number of hydrogen-bond donors (Lipinski definition) is 0. The molecule has 0 saturated heterocycles. The summed E-state index contributed by atoms with van der Waals surface area (Å²) in [6, 6.07) is 4.48. The first-order chi connectivity index (χ1) is 11.2. The molecular formula is C21H29Cl2F3Zr-2. The normalized spacial score (nSPS) is 9.85. The van der Waals surface area contributed by atoms with E-state index < -0.39 is 9.38 Å². The summed E-state index contributed by atoms with van der Waals surface area (Å²) in [4.78, 5) is 0. The maximum Gasteiger partial charge on any atom is -0.0632 e. The first-order valence-electron chi connectivity index (χ1n) is 8.22. The van der Waals surface area contributed by atoms with Gasteiger partial charge in [0.1, 0.15) is 0 Å². The van der Waals surface area contributed by atoms with Crippen molar-refractivity contribution >= 4 is 3.21 Å². The summed E-state index contributed by atoms with van der Waals surface area (Å²) in [5.74, 6) is 0. The zero-order chi connectivity index (χ0) is 20.1. The fourth-order valence-corrected chi connectivity index (χ4v) is 2.27. The van der Waals surface area contributed by atoms with Gasteiger partial charge in [0.2, 0.25) is 0 Å². The first-order valence-corrected chi connectivity index (χ1v) is 9.45. The summed E-state index contributed by atoms with van der Waals surface area (Å²) in [5.41, 5.74) is 11.5. The number of halogens is 5. The van der Waals surface area contributed by atoms with Crippen molar-refractivity contribution in [3.05, 3.63) is 56.6 Å². The smallest absolute Gasteiger partial charge is 0.0632 e. The van der Waals surface area contributed by atoms with Crippen LogP contribution in [0.25, 0.3) is 0 Å². The Balaban J connectivity index is -0.000000312. The predicted octanol–water partition coefficient (Wildman–Crippen LogP) is 0.574. The molecule has 0 fully saturated rings. The van der Waals surface area contributed by atoms with Gasteiger partial charge in [-0.1, -0.05) is 55.4 Å². The molecule has 0 atom stereocenters. The molecule has 0 radical (unpaired) electrons. The Morgan fingerprint density at radius 1 is 0.630 bits per heavy atom. The van der Waals surface area contributed by atoms with Crippen LogP contribution < -0.4 is 24.8 Å². The number of rotatable bonds is 0. The predicted molar refractivity (Wildman–Crippen MR) is 98.7 cm³/mol. The van der Waals surface area contributed by atoms with Gasteiger partial charge in [0.25, 0.3) is 0 Å². The molecule has 2 aromatic carbocycles. The van der Waals surface area contributed by atoms with Crippen LogP contribution in [0.15, 0.2) is 12.1 Å². The fraction of sp³-hybridized carbons (Fsp3) is 0.476. The van der Waals surface area contributed by atoms with Gasteiger partial charge in [-0.05, 0) is 0 Å². The van der Waals surface area contributed by atoms with Crippen molar-refractivity contribution in [3.8, 4) is 0 Å². The Bertz CT molecular complexity index is 628. The Morgan fingerprint density at radius 3 is 0.815 bits per heavy atom. The molecule has 0 heterocycles. The van der Waals surface area contributed by atoms with Crippen molar-refractivity contribution in [2.45, 2.75) is 68.5 Å². The monoisotopic (exact) mass is 498 g/mol. The Labute approximate surface area is 189 Å². The second kappa shape index (κ2) is 13.1. The van der Waals surface area contributed by atoms with Crippen LogP contribution in [0.3, 0.4) is 0 Å². The van der Waals surface area contributed by atoms with E-state index >= 15 is 0 Å². The van der Waals surface area contributed by atoms with Gasteiger partial charge < -0.3 is 24.8 Å². The average Bonchev–Trinajstić information content (AvgIpc) is 2.84. The number of hydrogen-bond acceptors (Lipinski definition) is 0. The SMILES string of the molecule is C[C](=[Zr+2])C(F)(F)F.Cc1[cH-]c(C)c(C)c1C.Cc1[cH-]c(C)c(C)c1C.[Cl-].[Cl-]. The van der Waals surface area contributed by atoms with Crippen LogP contribution in [0.2, 0.25) is 0 Å². The van der Waals surface area contributed by atoms with Crippen molar-refractivity contribution in [3.63, 3.8) is 0 Å². The van der Waals surface area contributed by atoms with E-state index in [1.165, 1.54) is 44.5 Å². The Kier molecular flexibility index (Phi) is 15.3. The van der Waals surface area contributed by atoms with Crippen molar-refractivity contribution in [2.24, 2.45) is 0 Å². The van der Waals surface area contributed by atoms with Crippen LogP contribution in [0.5, 0.6) is 0 Å². The van der Waals surface area contributed by atoms with E-state index in [9.17, 15) is 13.2 Å². The summed E-state index contributed by atoms with van der Waals surface area (Å²) < 4.78 is 33.1. The molecule has 0 unspecified atom stereocenters. The largest absolute Gasteiger partial charge is 1.00 e. The number of alkyl halides is 3. The van der Waals surface area contributed by atoms with E-state index in [-0.39, 0.29) is 24.8 Å². The second-order valence-electron chi connectivity index (χ2n) is 6.64. The van der Waals surface area contributed by atoms with Gasteiger partial charge in [-0.2, -0.15) is 56.6 Å². The molecule has 0 aliphatic carbocycles. The molecule has 0 aliphatic heterocycles. The molecule has 0 bridgehead atoms. The molecule has 6 heteroatoms. The second-order valence-corrected chi connectivity index (χ2v) is 8.49. The van der Waals surface area contributed by atoms with Gasteiger partial charge in [-0.15, -0.1) is 0 Å². The van der Waals surface area contributed by atoms with Crippen LogP contribution in [-0.2, 0) is 24.2 Å². The molecule has 0 aliphatic rings. The average molecular weight is 501 g/mol. The van der Waals surface area contributed by atoms with Crippen molar-refractivity contribution in [2.75, 3.05) is 0 Å². The van der Waals surface area contributed by atoms with Gasteiger partial charge in [0, 0.05) is 0 Å². The minimum Gasteiger partial charge on any atom is -1.00 e. The molecule has 2 rings (SSSR count). The molecule has 0 N–H and O–H groups in total. The third-order valence-electron chi connectivity index (χ3n) is 4.78. The molecule has 0 amide bonds. The molecule has 0 nitrogen and oxygen atoms in total. The van der Waals surface area contributed by atoms with E-state index in [1.54, 1.807) is 0 Å². The van der Waals surface area contributed by atoms with Crippen molar-refractivity contribution < 1.29 is 62.2 Å².